The second kappa shape index (κ2) is 10.8. The summed E-state index contributed by atoms with van der Waals surface area (Å²) >= 11 is 6.04. The van der Waals surface area contributed by atoms with E-state index in [4.69, 9.17) is 16.3 Å². The topological polar surface area (TPSA) is 83.8 Å². The molecule has 0 spiro atoms. The van der Waals surface area contributed by atoms with Gasteiger partial charge in [-0.2, -0.15) is 0 Å². The molecule has 0 amide bonds. The molecule has 2 N–H and O–H groups in total. The number of carbonyl (C=O) groups is 2. The van der Waals surface area contributed by atoms with Crippen molar-refractivity contribution in [2.75, 3.05) is 6.61 Å². The minimum Gasteiger partial charge on any atom is -0.507 e. The van der Waals surface area contributed by atoms with Gasteiger partial charge in [-0.25, -0.2) is 4.79 Å². The Bertz CT molecular complexity index is 670. The van der Waals surface area contributed by atoms with E-state index >= 15 is 0 Å². The molecular formula is C20H25ClO5. The average molecular weight is 381 g/mol. The number of esters is 1. The second-order valence-electron chi connectivity index (χ2n) is 6.03. The molecule has 0 saturated carbocycles. The van der Waals surface area contributed by atoms with Crippen LogP contribution >= 0.6 is 11.6 Å². The van der Waals surface area contributed by atoms with Crippen LogP contribution in [0, 0.1) is 5.92 Å². The number of hydrogen-bond donors (Lipinski definition) is 2. The Hall–Kier alpha value is -2.11. The fourth-order valence-corrected chi connectivity index (χ4v) is 2.50. The lowest BCUT2D eigenvalue weighted by molar-refractivity contribution is -0.144. The van der Waals surface area contributed by atoms with Gasteiger partial charge in [0.1, 0.15) is 17.4 Å². The van der Waals surface area contributed by atoms with Crippen molar-refractivity contribution in [3.63, 3.8) is 0 Å². The number of halogens is 1. The molecular weight excluding hydrogens is 356 g/mol. The van der Waals surface area contributed by atoms with Crippen molar-refractivity contribution in [2.24, 2.45) is 5.92 Å². The number of allylic oxidation sites excluding steroid dienone is 4. The van der Waals surface area contributed by atoms with Crippen molar-refractivity contribution in [3.05, 3.63) is 58.9 Å². The highest BCUT2D eigenvalue weighted by Gasteiger charge is 2.27. The molecule has 2 atom stereocenters. The third-order valence-corrected chi connectivity index (χ3v) is 4.40. The van der Waals surface area contributed by atoms with E-state index in [0.717, 1.165) is 12.5 Å². The van der Waals surface area contributed by atoms with Crippen molar-refractivity contribution < 1.29 is 24.5 Å². The van der Waals surface area contributed by atoms with Crippen molar-refractivity contribution >= 4 is 23.4 Å². The Morgan fingerprint density at radius 3 is 2.62 bits per heavy atom. The van der Waals surface area contributed by atoms with Gasteiger partial charge in [-0.1, -0.05) is 43.3 Å². The summed E-state index contributed by atoms with van der Waals surface area (Å²) in [5, 5.41) is 19.4. The van der Waals surface area contributed by atoms with Gasteiger partial charge in [0.15, 0.2) is 5.78 Å². The maximum atomic E-state index is 12.7. The normalized spacial score (nSPS) is 29.2. The van der Waals surface area contributed by atoms with Gasteiger partial charge in [0, 0.05) is 17.4 Å². The molecule has 1 rings (SSSR count). The van der Waals surface area contributed by atoms with E-state index in [1.807, 2.05) is 19.1 Å². The number of aliphatic hydroxyl groups is 2. The summed E-state index contributed by atoms with van der Waals surface area (Å²) in [6, 6.07) is 0. The summed E-state index contributed by atoms with van der Waals surface area (Å²) in [7, 11) is 0. The molecule has 0 saturated heterocycles. The molecule has 0 aromatic rings. The quantitative estimate of drug-likeness (QED) is 0.328. The molecule has 0 aliphatic carbocycles. The van der Waals surface area contributed by atoms with Gasteiger partial charge in [0.2, 0.25) is 0 Å². The number of ether oxygens (including phenoxy) is 1. The van der Waals surface area contributed by atoms with E-state index in [2.05, 4.69) is 6.58 Å². The maximum Gasteiger partial charge on any atom is 0.342 e. The SMILES string of the molecule is C=C/C(O)=C1/C(=O)O[C@H](C)C(C)/C=C/CC/C=C/C(=O)C/C1=C(\Cl)CO. The van der Waals surface area contributed by atoms with Crippen LogP contribution in [0.2, 0.25) is 0 Å². The first kappa shape index (κ1) is 21.9. The molecule has 0 radical (unpaired) electrons. The third kappa shape index (κ3) is 6.32. The van der Waals surface area contributed by atoms with Crippen LogP contribution in [0.15, 0.2) is 58.9 Å². The van der Waals surface area contributed by atoms with Gasteiger partial charge in [-0.05, 0) is 37.5 Å². The number of cyclic esters (lactones) is 1. The van der Waals surface area contributed by atoms with E-state index in [-0.39, 0.29) is 34.3 Å². The number of ketones is 1. The zero-order valence-corrected chi connectivity index (χ0v) is 15.8. The van der Waals surface area contributed by atoms with Crippen LogP contribution in [0.1, 0.15) is 33.1 Å². The van der Waals surface area contributed by atoms with Gasteiger partial charge in [0.05, 0.1) is 6.61 Å². The summed E-state index contributed by atoms with van der Waals surface area (Å²) in [6.45, 7) is 6.52. The first-order valence-corrected chi connectivity index (χ1v) is 8.81. The summed E-state index contributed by atoms with van der Waals surface area (Å²) in [5.41, 5.74) is -0.237. The highest BCUT2D eigenvalue weighted by Crippen LogP contribution is 2.27. The fourth-order valence-electron chi connectivity index (χ4n) is 2.34. The van der Waals surface area contributed by atoms with Crippen molar-refractivity contribution in [3.8, 4) is 0 Å². The summed E-state index contributed by atoms with van der Waals surface area (Å²) in [5.74, 6) is -1.64. The molecule has 5 nitrogen and oxygen atoms in total. The molecule has 1 aliphatic rings. The molecule has 26 heavy (non-hydrogen) atoms. The maximum absolute atomic E-state index is 12.7. The average Bonchev–Trinajstić information content (AvgIpc) is 2.61. The summed E-state index contributed by atoms with van der Waals surface area (Å²) in [4.78, 5) is 24.9. The van der Waals surface area contributed by atoms with E-state index < -0.39 is 24.4 Å². The Balaban J connectivity index is 3.45. The Kier molecular flexibility index (Phi) is 9.10. The molecule has 1 aliphatic heterocycles. The molecule has 0 fully saturated rings. The number of rotatable bonds is 2. The second-order valence-corrected chi connectivity index (χ2v) is 6.48. The monoisotopic (exact) mass is 380 g/mol. The van der Waals surface area contributed by atoms with Crippen LogP contribution < -0.4 is 0 Å². The molecule has 1 unspecified atom stereocenters. The van der Waals surface area contributed by atoms with Gasteiger partial charge in [0.25, 0.3) is 0 Å². The van der Waals surface area contributed by atoms with Crippen LogP contribution in [0.4, 0.5) is 0 Å². The van der Waals surface area contributed by atoms with E-state index in [9.17, 15) is 19.8 Å². The Morgan fingerprint density at radius 1 is 1.35 bits per heavy atom. The lowest BCUT2D eigenvalue weighted by Gasteiger charge is -2.20. The standard InChI is InChI=1S/C20H25ClO5/c1-4-18(24)19-16(17(21)12-22)11-15(23)10-8-6-5-7-9-13(2)14(3)26-20(19)25/h4,7-10,13-14,22,24H,1,5-6,11-12H2,2-3H3/b9-7+,10-8+,17-16+,19-18-/t13?,14-/m1/s1. The van der Waals surface area contributed by atoms with Crippen LogP contribution in [-0.2, 0) is 14.3 Å². The first-order valence-electron chi connectivity index (χ1n) is 8.43. The van der Waals surface area contributed by atoms with Crippen molar-refractivity contribution in [2.45, 2.75) is 39.2 Å². The van der Waals surface area contributed by atoms with E-state index in [1.165, 1.54) is 6.08 Å². The highest BCUT2D eigenvalue weighted by atomic mass is 35.5. The number of aliphatic hydroxyl groups excluding tert-OH is 2. The lowest BCUT2D eigenvalue weighted by Crippen LogP contribution is -2.24. The largest absolute Gasteiger partial charge is 0.507 e. The van der Waals surface area contributed by atoms with Crippen LogP contribution in [0.25, 0.3) is 0 Å². The number of carbonyl (C=O) groups excluding carboxylic acids is 2. The first-order chi connectivity index (χ1) is 12.3. The summed E-state index contributed by atoms with van der Waals surface area (Å²) < 4.78 is 5.44. The minimum atomic E-state index is -0.828. The predicted molar refractivity (Wildman–Crippen MR) is 102 cm³/mol. The molecule has 0 bridgehead atoms. The Labute approximate surface area is 159 Å². The predicted octanol–water partition coefficient (Wildman–Crippen LogP) is 3.90. The van der Waals surface area contributed by atoms with Crippen LogP contribution in [0.3, 0.4) is 0 Å². The van der Waals surface area contributed by atoms with Crippen LogP contribution in [-0.4, -0.2) is 34.7 Å². The third-order valence-electron chi connectivity index (χ3n) is 4.05. The molecule has 6 heteroatoms. The van der Waals surface area contributed by atoms with Gasteiger partial charge in [-0.3, -0.25) is 4.79 Å². The zero-order chi connectivity index (χ0) is 19.7. The van der Waals surface area contributed by atoms with Crippen molar-refractivity contribution in [1.29, 1.82) is 0 Å². The van der Waals surface area contributed by atoms with Gasteiger partial charge in [-0.15, -0.1) is 0 Å². The smallest absolute Gasteiger partial charge is 0.342 e. The Morgan fingerprint density at radius 2 is 2.00 bits per heavy atom. The molecule has 0 aromatic heterocycles. The summed E-state index contributed by atoms with van der Waals surface area (Å²) in [6.07, 6.45) is 8.86. The molecule has 0 aromatic carbocycles. The van der Waals surface area contributed by atoms with E-state index in [0.29, 0.717) is 6.42 Å². The number of hydrogen-bond acceptors (Lipinski definition) is 5. The van der Waals surface area contributed by atoms with Gasteiger partial charge < -0.3 is 14.9 Å². The molecule has 1 heterocycles. The molecule has 142 valence electrons. The zero-order valence-electron chi connectivity index (χ0n) is 15.1. The van der Waals surface area contributed by atoms with E-state index in [1.54, 1.807) is 13.0 Å². The minimum absolute atomic E-state index is 0.0265. The van der Waals surface area contributed by atoms with Gasteiger partial charge >= 0.3 is 5.97 Å². The fraction of sp³-hybridized carbons (Fsp3) is 0.400. The van der Waals surface area contributed by atoms with Crippen molar-refractivity contribution in [1.82, 2.24) is 0 Å². The highest BCUT2D eigenvalue weighted by molar-refractivity contribution is 6.31. The van der Waals surface area contributed by atoms with Crippen LogP contribution in [0.5, 0.6) is 0 Å². The lowest BCUT2D eigenvalue weighted by atomic mass is 9.97.